The van der Waals surface area contributed by atoms with Crippen molar-refractivity contribution in [2.75, 3.05) is 32.1 Å². The van der Waals surface area contributed by atoms with E-state index in [2.05, 4.69) is 10.1 Å². The zero-order valence-electron chi connectivity index (χ0n) is 17.9. The number of benzene rings is 2. The number of carbonyl (C=O) groups is 3. The molecule has 0 saturated carbocycles. The van der Waals surface area contributed by atoms with Crippen molar-refractivity contribution >= 4 is 45.2 Å². The summed E-state index contributed by atoms with van der Waals surface area (Å²) in [7, 11) is -2.65. The third-order valence-electron chi connectivity index (χ3n) is 5.04. The van der Waals surface area contributed by atoms with Crippen LogP contribution in [0.1, 0.15) is 40.0 Å². The standard InChI is InChI=1S/C22H23ClN2O7S/c1-31-22(28)16-7-3-4-8-18(16)24-20(26)14-32-21(27)15-9-10-17(23)19(13-15)33(29,30)25-11-5-2-6-12-25/h3-4,7-10,13H,2,5-6,11-12,14H2,1H3,(H,24,26). The average Bonchev–Trinajstić information content (AvgIpc) is 2.83. The number of ether oxygens (including phenoxy) is 2. The molecular weight excluding hydrogens is 472 g/mol. The van der Waals surface area contributed by atoms with Gasteiger partial charge in [-0.05, 0) is 43.2 Å². The van der Waals surface area contributed by atoms with Crippen molar-refractivity contribution in [1.82, 2.24) is 4.31 Å². The molecule has 0 aliphatic carbocycles. The highest BCUT2D eigenvalue weighted by molar-refractivity contribution is 7.89. The van der Waals surface area contributed by atoms with E-state index in [9.17, 15) is 22.8 Å². The van der Waals surface area contributed by atoms with Crippen LogP contribution in [0.2, 0.25) is 5.02 Å². The lowest BCUT2D eigenvalue weighted by Gasteiger charge is -2.26. The molecule has 0 spiro atoms. The Morgan fingerprint density at radius 3 is 2.42 bits per heavy atom. The molecule has 1 N–H and O–H groups in total. The summed E-state index contributed by atoms with van der Waals surface area (Å²) >= 11 is 6.11. The number of sulfonamides is 1. The van der Waals surface area contributed by atoms with Gasteiger partial charge in [0.25, 0.3) is 5.91 Å². The molecule has 11 heteroatoms. The SMILES string of the molecule is COC(=O)c1ccccc1NC(=O)COC(=O)c1ccc(Cl)c(S(=O)(=O)N2CCCCC2)c1. The number of para-hydroxylation sites is 1. The van der Waals surface area contributed by atoms with Gasteiger partial charge in [-0.3, -0.25) is 4.79 Å². The van der Waals surface area contributed by atoms with Crippen molar-refractivity contribution < 1.29 is 32.3 Å². The Balaban J connectivity index is 1.68. The summed E-state index contributed by atoms with van der Waals surface area (Å²) < 4.78 is 36.9. The molecular formula is C22H23ClN2O7S. The minimum absolute atomic E-state index is 0.00529. The second-order valence-electron chi connectivity index (χ2n) is 7.27. The first-order chi connectivity index (χ1) is 15.7. The van der Waals surface area contributed by atoms with Crippen LogP contribution in [0, 0.1) is 0 Å². The molecule has 1 aliphatic heterocycles. The van der Waals surface area contributed by atoms with Gasteiger partial charge in [-0.1, -0.05) is 30.2 Å². The van der Waals surface area contributed by atoms with E-state index in [1.54, 1.807) is 12.1 Å². The summed E-state index contributed by atoms with van der Waals surface area (Å²) in [6.45, 7) is 0.131. The van der Waals surface area contributed by atoms with Gasteiger partial charge in [-0.25, -0.2) is 18.0 Å². The second-order valence-corrected chi connectivity index (χ2v) is 9.58. The number of methoxy groups -OCH3 is 1. The molecule has 1 amide bonds. The molecule has 0 aromatic heterocycles. The molecule has 1 heterocycles. The van der Waals surface area contributed by atoms with E-state index >= 15 is 0 Å². The molecule has 0 unspecified atom stereocenters. The number of rotatable bonds is 7. The fourth-order valence-corrected chi connectivity index (χ4v) is 5.37. The number of amides is 1. The summed E-state index contributed by atoms with van der Waals surface area (Å²) in [5, 5.41) is 2.47. The number of hydrogen-bond donors (Lipinski definition) is 1. The van der Waals surface area contributed by atoms with Gasteiger partial charge in [0.2, 0.25) is 10.0 Å². The van der Waals surface area contributed by atoms with Crippen molar-refractivity contribution in [2.45, 2.75) is 24.2 Å². The van der Waals surface area contributed by atoms with E-state index in [4.69, 9.17) is 16.3 Å². The Morgan fingerprint density at radius 2 is 1.73 bits per heavy atom. The van der Waals surface area contributed by atoms with Crippen molar-refractivity contribution in [3.8, 4) is 0 Å². The minimum Gasteiger partial charge on any atom is -0.465 e. The van der Waals surface area contributed by atoms with Crippen LogP contribution in [-0.2, 0) is 24.3 Å². The largest absolute Gasteiger partial charge is 0.465 e. The fourth-order valence-electron chi connectivity index (χ4n) is 3.35. The molecule has 9 nitrogen and oxygen atoms in total. The number of carbonyl (C=O) groups excluding carboxylic acids is 3. The summed E-state index contributed by atoms with van der Waals surface area (Å²) in [4.78, 5) is 36.3. The molecule has 33 heavy (non-hydrogen) atoms. The molecule has 176 valence electrons. The van der Waals surface area contributed by atoms with Crippen molar-refractivity contribution in [2.24, 2.45) is 0 Å². The lowest BCUT2D eigenvalue weighted by molar-refractivity contribution is -0.119. The van der Waals surface area contributed by atoms with Crippen LogP contribution in [0.5, 0.6) is 0 Å². The van der Waals surface area contributed by atoms with Crippen molar-refractivity contribution in [3.63, 3.8) is 0 Å². The van der Waals surface area contributed by atoms with Gasteiger partial charge in [-0.2, -0.15) is 4.31 Å². The van der Waals surface area contributed by atoms with Crippen LogP contribution < -0.4 is 5.32 Å². The fraction of sp³-hybridized carbons (Fsp3) is 0.318. The summed E-state index contributed by atoms with van der Waals surface area (Å²) in [6.07, 6.45) is 2.47. The van der Waals surface area contributed by atoms with Gasteiger partial charge in [0.15, 0.2) is 6.61 Å². The van der Waals surface area contributed by atoms with E-state index in [1.807, 2.05) is 0 Å². The van der Waals surface area contributed by atoms with Crippen molar-refractivity contribution in [3.05, 3.63) is 58.6 Å². The molecule has 1 aliphatic rings. The lowest BCUT2D eigenvalue weighted by Crippen LogP contribution is -2.35. The molecule has 1 fully saturated rings. The Kier molecular flexibility index (Phi) is 8.06. The van der Waals surface area contributed by atoms with E-state index in [1.165, 1.54) is 35.7 Å². The number of hydrogen-bond acceptors (Lipinski definition) is 7. The molecule has 0 bridgehead atoms. The maximum absolute atomic E-state index is 13.0. The Morgan fingerprint density at radius 1 is 1.03 bits per heavy atom. The number of nitrogens with one attached hydrogen (secondary N) is 1. The predicted octanol–water partition coefficient (Wildman–Crippen LogP) is 3.10. The highest BCUT2D eigenvalue weighted by Crippen LogP contribution is 2.28. The quantitative estimate of drug-likeness (QED) is 0.587. The first kappa shape index (κ1) is 24.7. The number of nitrogens with zero attached hydrogens (tertiary/aromatic N) is 1. The number of halogens is 1. The van der Waals surface area contributed by atoms with E-state index in [0.717, 1.165) is 25.3 Å². The van der Waals surface area contributed by atoms with Gasteiger partial charge in [0.05, 0.1) is 28.9 Å². The molecule has 2 aromatic rings. The van der Waals surface area contributed by atoms with Crippen LogP contribution >= 0.6 is 11.6 Å². The summed E-state index contributed by atoms with van der Waals surface area (Å²) in [5.74, 6) is -2.21. The first-order valence-electron chi connectivity index (χ1n) is 10.2. The normalized spacial score (nSPS) is 14.4. The lowest BCUT2D eigenvalue weighted by atomic mass is 10.2. The van der Waals surface area contributed by atoms with E-state index in [-0.39, 0.29) is 26.7 Å². The zero-order valence-corrected chi connectivity index (χ0v) is 19.4. The Bertz CT molecular complexity index is 1160. The highest BCUT2D eigenvalue weighted by Gasteiger charge is 2.29. The number of anilines is 1. The van der Waals surface area contributed by atoms with Crippen LogP contribution in [0.25, 0.3) is 0 Å². The third-order valence-corrected chi connectivity index (χ3v) is 7.42. The zero-order chi connectivity index (χ0) is 24.0. The molecule has 1 saturated heterocycles. The number of piperidine rings is 1. The van der Waals surface area contributed by atoms with Gasteiger partial charge in [0, 0.05) is 13.1 Å². The minimum atomic E-state index is -3.87. The van der Waals surface area contributed by atoms with Gasteiger partial charge < -0.3 is 14.8 Å². The van der Waals surface area contributed by atoms with Crippen molar-refractivity contribution in [1.29, 1.82) is 0 Å². The third kappa shape index (κ3) is 5.89. The van der Waals surface area contributed by atoms with Crippen LogP contribution in [0.15, 0.2) is 47.4 Å². The Hall–Kier alpha value is -2.95. The Labute approximate surface area is 196 Å². The van der Waals surface area contributed by atoms with Gasteiger partial charge >= 0.3 is 11.9 Å². The molecule has 2 aromatic carbocycles. The van der Waals surface area contributed by atoms with Crippen LogP contribution in [0.3, 0.4) is 0 Å². The monoisotopic (exact) mass is 494 g/mol. The average molecular weight is 495 g/mol. The molecule has 0 atom stereocenters. The van der Waals surface area contributed by atoms with E-state index < -0.39 is 34.5 Å². The smallest absolute Gasteiger partial charge is 0.339 e. The predicted molar refractivity (Wildman–Crippen MR) is 121 cm³/mol. The maximum Gasteiger partial charge on any atom is 0.339 e. The van der Waals surface area contributed by atoms with Crippen LogP contribution in [0.4, 0.5) is 5.69 Å². The highest BCUT2D eigenvalue weighted by atomic mass is 35.5. The topological polar surface area (TPSA) is 119 Å². The number of esters is 2. The van der Waals surface area contributed by atoms with Crippen LogP contribution in [-0.4, -0.2) is 57.4 Å². The van der Waals surface area contributed by atoms with Gasteiger partial charge in [0.1, 0.15) is 4.90 Å². The molecule has 0 radical (unpaired) electrons. The maximum atomic E-state index is 13.0. The summed E-state index contributed by atoms with van der Waals surface area (Å²) in [5.41, 5.74) is 0.287. The first-order valence-corrected chi connectivity index (χ1v) is 12.0. The second kappa shape index (κ2) is 10.8. The van der Waals surface area contributed by atoms with E-state index in [0.29, 0.717) is 13.1 Å². The van der Waals surface area contributed by atoms with Gasteiger partial charge in [-0.15, -0.1) is 0 Å². The summed E-state index contributed by atoms with van der Waals surface area (Å²) in [6, 6.07) is 9.99. The molecule has 3 rings (SSSR count).